The Morgan fingerprint density at radius 1 is 1.03 bits per heavy atom. The van der Waals surface area contributed by atoms with E-state index < -0.39 is 40.8 Å². The SMILES string of the molecule is Cc1ccccc1C1NC(Cc2ccccc2)(C(=O)O)C2C(=O)N(C(C)(C)C)C(=O)C12. The summed E-state index contributed by atoms with van der Waals surface area (Å²) in [6, 6.07) is 16.3. The quantitative estimate of drug-likeness (QED) is 0.743. The third kappa shape index (κ3) is 3.26. The lowest BCUT2D eigenvalue weighted by Crippen LogP contribution is -2.58. The Kier molecular flexibility index (Phi) is 5.01. The highest BCUT2D eigenvalue weighted by Crippen LogP contribution is 2.51. The molecule has 2 aliphatic heterocycles. The number of hydrogen-bond donors (Lipinski definition) is 2. The first-order valence-electron chi connectivity index (χ1n) is 10.6. The van der Waals surface area contributed by atoms with Crippen LogP contribution in [0.3, 0.4) is 0 Å². The Bertz CT molecular complexity index is 1040. The molecule has 4 unspecified atom stereocenters. The molecule has 2 N–H and O–H groups in total. The van der Waals surface area contributed by atoms with Gasteiger partial charge in [-0.3, -0.25) is 24.6 Å². The molecule has 2 aliphatic rings. The van der Waals surface area contributed by atoms with E-state index in [1.54, 1.807) is 20.8 Å². The number of aliphatic carboxylic acids is 1. The molecule has 2 fully saturated rings. The lowest BCUT2D eigenvalue weighted by Gasteiger charge is -2.35. The Morgan fingerprint density at radius 3 is 2.23 bits per heavy atom. The number of carbonyl (C=O) groups excluding carboxylic acids is 2. The molecule has 0 aliphatic carbocycles. The lowest BCUT2D eigenvalue weighted by atomic mass is 9.76. The highest BCUT2D eigenvalue weighted by molar-refractivity contribution is 6.10. The topological polar surface area (TPSA) is 86.7 Å². The predicted molar refractivity (Wildman–Crippen MR) is 116 cm³/mol. The third-order valence-electron chi connectivity index (χ3n) is 6.56. The molecule has 2 saturated heterocycles. The molecular formula is C25H28N2O4. The molecule has 4 atom stereocenters. The average molecular weight is 421 g/mol. The highest BCUT2D eigenvalue weighted by Gasteiger charge is 2.69. The number of amides is 2. The number of fused-ring (bicyclic) bond motifs is 1. The number of nitrogens with zero attached hydrogens (tertiary/aromatic N) is 1. The van der Waals surface area contributed by atoms with Gasteiger partial charge in [0.2, 0.25) is 11.8 Å². The van der Waals surface area contributed by atoms with E-state index in [9.17, 15) is 19.5 Å². The zero-order chi connectivity index (χ0) is 22.6. The van der Waals surface area contributed by atoms with Crippen molar-refractivity contribution in [2.24, 2.45) is 11.8 Å². The number of carboxylic acids is 1. The lowest BCUT2D eigenvalue weighted by molar-refractivity contribution is -0.153. The van der Waals surface area contributed by atoms with E-state index in [0.29, 0.717) is 0 Å². The Balaban J connectivity index is 1.90. The maximum atomic E-state index is 13.6. The van der Waals surface area contributed by atoms with Crippen LogP contribution in [0.2, 0.25) is 0 Å². The molecule has 0 bridgehead atoms. The minimum Gasteiger partial charge on any atom is -0.480 e. The zero-order valence-corrected chi connectivity index (χ0v) is 18.3. The van der Waals surface area contributed by atoms with E-state index in [1.165, 1.54) is 4.90 Å². The van der Waals surface area contributed by atoms with Crippen molar-refractivity contribution in [1.82, 2.24) is 10.2 Å². The van der Waals surface area contributed by atoms with Crippen molar-refractivity contribution in [2.45, 2.75) is 51.2 Å². The van der Waals surface area contributed by atoms with Gasteiger partial charge in [0.15, 0.2) is 0 Å². The standard InChI is InChI=1S/C25H28N2O4/c1-15-10-8-9-13-17(15)20-18-19(22(29)27(21(18)28)24(2,3)4)25(26-20,23(30)31)14-16-11-6-5-7-12-16/h5-13,18-20,26H,14H2,1-4H3,(H,30,31). The molecule has 0 aromatic heterocycles. The summed E-state index contributed by atoms with van der Waals surface area (Å²) in [5.41, 5.74) is 0.299. The fourth-order valence-corrected chi connectivity index (χ4v) is 5.22. The van der Waals surface area contributed by atoms with Crippen molar-refractivity contribution in [3.8, 4) is 0 Å². The summed E-state index contributed by atoms with van der Waals surface area (Å²) in [7, 11) is 0. The first-order chi connectivity index (χ1) is 14.6. The molecule has 0 spiro atoms. The van der Waals surface area contributed by atoms with Crippen molar-refractivity contribution in [3.63, 3.8) is 0 Å². The van der Waals surface area contributed by atoms with Gasteiger partial charge in [-0.15, -0.1) is 0 Å². The molecule has 6 heteroatoms. The Morgan fingerprint density at radius 2 is 1.65 bits per heavy atom. The summed E-state index contributed by atoms with van der Waals surface area (Å²) < 4.78 is 0. The van der Waals surface area contributed by atoms with Gasteiger partial charge in [-0.1, -0.05) is 54.6 Å². The largest absolute Gasteiger partial charge is 0.480 e. The predicted octanol–water partition coefficient (Wildman–Crippen LogP) is 3.11. The number of aryl methyl sites for hydroxylation is 1. The van der Waals surface area contributed by atoms with Gasteiger partial charge in [-0.25, -0.2) is 0 Å². The monoisotopic (exact) mass is 420 g/mol. The molecule has 4 rings (SSSR count). The molecule has 162 valence electrons. The molecule has 6 nitrogen and oxygen atoms in total. The van der Waals surface area contributed by atoms with E-state index in [2.05, 4.69) is 5.32 Å². The molecule has 2 aromatic rings. The van der Waals surface area contributed by atoms with Crippen LogP contribution in [-0.2, 0) is 20.8 Å². The van der Waals surface area contributed by atoms with Crippen LogP contribution in [0.5, 0.6) is 0 Å². The smallest absolute Gasteiger partial charge is 0.325 e. The van der Waals surface area contributed by atoms with Crippen LogP contribution < -0.4 is 5.32 Å². The summed E-state index contributed by atoms with van der Waals surface area (Å²) in [5, 5.41) is 13.7. The van der Waals surface area contributed by atoms with Gasteiger partial charge in [0.25, 0.3) is 0 Å². The number of benzene rings is 2. The van der Waals surface area contributed by atoms with Gasteiger partial charge >= 0.3 is 5.97 Å². The second-order valence-electron chi connectivity index (χ2n) is 9.60. The molecule has 2 amide bonds. The Labute approximate surface area is 182 Å². The fraction of sp³-hybridized carbons (Fsp3) is 0.400. The van der Waals surface area contributed by atoms with Crippen molar-refractivity contribution < 1.29 is 19.5 Å². The maximum Gasteiger partial charge on any atom is 0.325 e. The minimum atomic E-state index is -1.58. The van der Waals surface area contributed by atoms with Gasteiger partial charge in [0, 0.05) is 18.0 Å². The maximum absolute atomic E-state index is 13.6. The van der Waals surface area contributed by atoms with E-state index >= 15 is 0 Å². The molecule has 0 saturated carbocycles. The number of nitrogens with one attached hydrogen (secondary N) is 1. The summed E-state index contributed by atoms with van der Waals surface area (Å²) >= 11 is 0. The van der Waals surface area contributed by atoms with E-state index in [1.807, 2.05) is 61.5 Å². The fourth-order valence-electron chi connectivity index (χ4n) is 5.22. The summed E-state index contributed by atoms with van der Waals surface area (Å²) in [6.07, 6.45) is 0.115. The Hall–Kier alpha value is -2.99. The number of hydrogen-bond acceptors (Lipinski definition) is 4. The van der Waals surface area contributed by atoms with E-state index in [-0.39, 0.29) is 12.3 Å². The van der Waals surface area contributed by atoms with Crippen LogP contribution in [0.15, 0.2) is 54.6 Å². The number of carbonyl (C=O) groups is 3. The average Bonchev–Trinajstić information content (AvgIpc) is 3.17. The number of carboxylic acid groups (broad SMARTS) is 1. The summed E-state index contributed by atoms with van der Waals surface area (Å²) in [4.78, 5) is 41.3. The summed E-state index contributed by atoms with van der Waals surface area (Å²) in [5.74, 6) is -3.59. The van der Waals surface area contributed by atoms with Crippen LogP contribution in [-0.4, -0.2) is 38.9 Å². The van der Waals surface area contributed by atoms with Gasteiger partial charge in [-0.2, -0.15) is 0 Å². The number of rotatable bonds is 4. The number of likely N-dealkylation sites (tertiary alicyclic amines) is 1. The molecule has 0 radical (unpaired) electrons. The van der Waals surface area contributed by atoms with Crippen LogP contribution in [0.1, 0.15) is 43.5 Å². The van der Waals surface area contributed by atoms with Crippen molar-refractivity contribution in [2.75, 3.05) is 0 Å². The minimum absolute atomic E-state index is 0.115. The van der Waals surface area contributed by atoms with Crippen LogP contribution >= 0.6 is 0 Å². The molecule has 2 heterocycles. The number of imide groups is 1. The van der Waals surface area contributed by atoms with Crippen LogP contribution in [0.25, 0.3) is 0 Å². The van der Waals surface area contributed by atoms with Gasteiger partial charge in [0.1, 0.15) is 5.54 Å². The van der Waals surface area contributed by atoms with Crippen LogP contribution in [0, 0.1) is 18.8 Å². The zero-order valence-electron chi connectivity index (χ0n) is 18.3. The van der Waals surface area contributed by atoms with Crippen molar-refractivity contribution >= 4 is 17.8 Å². The normalized spacial score (nSPS) is 28.1. The third-order valence-corrected chi connectivity index (χ3v) is 6.56. The van der Waals surface area contributed by atoms with Gasteiger partial charge in [0.05, 0.1) is 11.8 Å². The van der Waals surface area contributed by atoms with E-state index in [4.69, 9.17) is 0 Å². The highest BCUT2D eigenvalue weighted by atomic mass is 16.4. The van der Waals surface area contributed by atoms with Gasteiger partial charge in [-0.05, 0) is 44.4 Å². The molecular weight excluding hydrogens is 392 g/mol. The van der Waals surface area contributed by atoms with Crippen molar-refractivity contribution in [1.29, 1.82) is 0 Å². The summed E-state index contributed by atoms with van der Waals surface area (Å²) in [6.45, 7) is 7.35. The van der Waals surface area contributed by atoms with Crippen LogP contribution in [0.4, 0.5) is 0 Å². The molecule has 31 heavy (non-hydrogen) atoms. The van der Waals surface area contributed by atoms with E-state index in [0.717, 1.165) is 16.7 Å². The van der Waals surface area contributed by atoms with Crippen molar-refractivity contribution in [3.05, 3.63) is 71.3 Å². The first-order valence-corrected chi connectivity index (χ1v) is 10.6. The van der Waals surface area contributed by atoms with Gasteiger partial charge < -0.3 is 5.11 Å². The second kappa shape index (κ2) is 7.31. The first kappa shape index (κ1) is 21.2. The molecule has 2 aromatic carbocycles. The second-order valence-corrected chi connectivity index (χ2v) is 9.60.